The minimum absolute atomic E-state index is 0.147. The van der Waals surface area contributed by atoms with Crippen LogP contribution in [0.1, 0.15) is 19.3 Å². The highest BCUT2D eigenvalue weighted by molar-refractivity contribution is 5.71. The smallest absolute Gasteiger partial charge is 0.332 e. The molecule has 0 bridgehead atoms. The molecule has 10 heavy (non-hydrogen) atoms. The Hall–Kier alpha value is -0.900. The first-order chi connectivity index (χ1) is 4.68. The summed E-state index contributed by atoms with van der Waals surface area (Å²) in [5, 5.41) is 16.8. The SMILES string of the molecule is O=CCCCC(O)C(=O)O. The van der Waals surface area contributed by atoms with E-state index in [0.29, 0.717) is 19.1 Å². The van der Waals surface area contributed by atoms with Crippen LogP contribution >= 0.6 is 0 Å². The normalized spacial score (nSPS) is 12.5. The number of hydrogen-bond acceptors (Lipinski definition) is 3. The summed E-state index contributed by atoms with van der Waals surface area (Å²) >= 11 is 0. The summed E-state index contributed by atoms with van der Waals surface area (Å²) in [5.41, 5.74) is 0. The molecule has 4 nitrogen and oxygen atoms in total. The molecule has 0 aromatic carbocycles. The number of aliphatic hydroxyl groups excluding tert-OH is 1. The van der Waals surface area contributed by atoms with Gasteiger partial charge in [0.1, 0.15) is 6.29 Å². The highest BCUT2D eigenvalue weighted by Gasteiger charge is 2.10. The molecule has 0 aliphatic heterocycles. The number of carbonyl (C=O) groups is 2. The molecule has 0 aromatic rings. The fraction of sp³-hybridized carbons (Fsp3) is 0.667. The van der Waals surface area contributed by atoms with Crippen molar-refractivity contribution in [1.29, 1.82) is 0 Å². The Labute approximate surface area is 58.5 Å². The van der Waals surface area contributed by atoms with E-state index in [9.17, 15) is 9.59 Å². The average molecular weight is 146 g/mol. The summed E-state index contributed by atoms with van der Waals surface area (Å²) in [6.45, 7) is 0. The summed E-state index contributed by atoms with van der Waals surface area (Å²) < 4.78 is 0. The Balaban J connectivity index is 3.30. The molecule has 0 aliphatic rings. The van der Waals surface area contributed by atoms with Crippen LogP contribution in [0.15, 0.2) is 0 Å². The molecule has 0 saturated carbocycles. The fourth-order valence-electron chi connectivity index (χ4n) is 0.518. The molecule has 58 valence electrons. The van der Waals surface area contributed by atoms with Gasteiger partial charge >= 0.3 is 5.97 Å². The van der Waals surface area contributed by atoms with E-state index in [1.54, 1.807) is 0 Å². The van der Waals surface area contributed by atoms with E-state index >= 15 is 0 Å². The maximum absolute atomic E-state index is 9.96. The van der Waals surface area contributed by atoms with Crippen LogP contribution in [0.3, 0.4) is 0 Å². The van der Waals surface area contributed by atoms with E-state index < -0.39 is 12.1 Å². The molecule has 0 aliphatic carbocycles. The molecule has 0 spiro atoms. The zero-order valence-corrected chi connectivity index (χ0v) is 5.49. The molecule has 0 radical (unpaired) electrons. The van der Waals surface area contributed by atoms with Crippen LogP contribution in [-0.4, -0.2) is 28.6 Å². The van der Waals surface area contributed by atoms with E-state index in [2.05, 4.69) is 0 Å². The van der Waals surface area contributed by atoms with Crippen LogP contribution in [0.4, 0.5) is 0 Å². The highest BCUT2D eigenvalue weighted by atomic mass is 16.4. The van der Waals surface area contributed by atoms with Crippen molar-refractivity contribution in [2.24, 2.45) is 0 Å². The van der Waals surface area contributed by atoms with Crippen LogP contribution < -0.4 is 0 Å². The second-order valence-electron chi connectivity index (χ2n) is 1.95. The van der Waals surface area contributed by atoms with Gasteiger partial charge in [0.15, 0.2) is 6.10 Å². The van der Waals surface area contributed by atoms with Crippen LogP contribution in [0.25, 0.3) is 0 Å². The third kappa shape index (κ3) is 4.03. The van der Waals surface area contributed by atoms with Gasteiger partial charge in [-0.2, -0.15) is 0 Å². The van der Waals surface area contributed by atoms with Crippen molar-refractivity contribution in [1.82, 2.24) is 0 Å². The van der Waals surface area contributed by atoms with Gasteiger partial charge in [-0.05, 0) is 12.8 Å². The van der Waals surface area contributed by atoms with Gasteiger partial charge in [0.05, 0.1) is 0 Å². The largest absolute Gasteiger partial charge is 0.479 e. The monoisotopic (exact) mass is 146 g/mol. The molecule has 1 atom stereocenters. The zero-order valence-electron chi connectivity index (χ0n) is 5.49. The van der Waals surface area contributed by atoms with E-state index in [1.165, 1.54) is 0 Å². The lowest BCUT2D eigenvalue weighted by molar-refractivity contribution is -0.147. The fourth-order valence-corrected chi connectivity index (χ4v) is 0.518. The van der Waals surface area contributed by atoms with Gasteiger partial charge in [0.2, 0.25) is 0 Å². The molecule has 4 heteroatoms. The predicted octanol–water partition coefficient (Wildman–Crippen LogP) is -0.199. The van der Waals surface area contributed by atoms with Gasteiger partial charge in [-0.3, -0.25) is 0 Å². The number of hydrogen-bond donors (Lipinski definition) is 2. The lowest BCUT2D eigenvalue weighted by atomic mass is 10.2. The Kier molecular flexibility index (Phi) is 4.49. The lowest BCUT2D eigenvalue weighted by Crippen LogP contribution is -2.18. The van der Waals surface area contributed by atoms with Crippen LogP contribution in [-0.2, 0) is 9.59 Å². The number of aldehydes is 1. The van der Waals surface area contributed by atoms with Crippen molar-refractivity contribution in [2.75, 3.05) is 0 Å². The molecular formula is C6H10O4. The summed E-state index contributed by atoms with van der Waals surface area (Å²) in [4.78, 5) is 19.7. The van der Waals surface area contributed by atoms with E-state index in [-0.39, 0.29) is 6.42 Å². The van der Waals surface area contributed by atoms with Crippen LogP contribution in [0, 0.1) is 0 Å². The number of rotatable bonds is 5. The Morgan fingerprint density at radius 1 is 1.60 bits per heavy atom. The second kappa shape index (κ2) is 4.93. The maximum atomic E-state index is 9.96. The zero-order chi connectivity index (χ0) is 7.98. The molecule has 0 amide bonds. The second-order valence-corrected chi connectivity index (χ2v) is 1.95. The highest BCUT2D eigenvalue weighted by Crippen LogP contribution is 1.98. The maximum Gasteiger partial charge on any atom is 0.332 e. The standard InChI is InChI=1S/C6H10O4/c7-4-2-1-3-5(8)6(9)10/h4-5,8H,1-3H2,(H,9,10). The number of aliphatic carboxylic acids is 1. The Morgan fingerprint density at radius 3 is 2.60 bits per heavy atom. The van der Waals surface area contributed by atoms with Crippen molar-refractivity contribution >= 4 is 12.3 Å². The first kappa shape index (κ1) is 9.10. The van der Waals surface area contributed by atoms with Gasteiger partial charge in [-0.15, -0.1) is 0 Å². The van der Waals surface area contributed by atoms with Crippen molar-refractivity contribution in [3.8, 4) is 0 Å². The van der Waals surface area contributed by atoms with Gasteiger partial charge in [-0.1, -0.05) is 0 Å². The molecule has 0 rings (SSSR count). The first-order valence-corrected chi connectivity index (χ1v) is 3.03. The minimum Gasteiger partial charge on any atom is -0.479 e. The summed E-state index contributed by atoms with van der Waals surface area (Å²) in [5.74, 6) is -1.23. The van der Waals surface area contributed by atoms with Crippen molar-refractivity contribution in [3.05, 3.63) is 0 Å². The number of carboxylic acids is 1. The molecule has 1 unspecified atom stereocenters. The van der Waals surface area contributed by atoms with E-state index in [4.69, 9.17) is 10.2 Å². The first-order valence-electron chi connectivity index (χ1n) is 3.03. The van der Waals surface area contributed by atoms with Crippen LogP contribution in [0.5, 0.6) is 0 Å². The van der Waals surface area contributed by atoms with Crippen molar-refractivity contribution in [2.45, 2.75) is 25.4 Å². The molecular weight excluding hydrogens is 136 g/mol. The minimum atomic E-state index is -1.32. The average Bonchev–Trinajstić information content (AvgIpc) is 1.88. The summed E-state index contributed by atoms with van der Waals surface area (Å²) in [6, 6.07) is 0. The van der Waals surface area contributed by atoms with Crippen molar-refractivity contribution in [3.63, 3.8) is 0 Å². The van der Waals surface area contributed by atoms with E-state index in [0.717, 1.165) is 0 Å². The van der Waals surface area contributed by atoms with Gasteiger partial charge in [-0.25, -0.2) is 4.79 Å². The molecule has 2 N–H and O–H groups in total. The number of unbranched alkanes of at least 4 members (excludes halogenated alkanes) is 1. The quantitative estimate of drug-likeness (QED) is 0.416. The number of aliphatic hydroxyl groups is 1. The Morgan fingerprint density at radius 2 is 2.20 bits per heavy atom. The summed E-state index contributed by atoms with van der Waals surface area (Å²) in [7, 11) is 0. The van der Waals surface area contributed by atoms with Gasteiger partial charge < -0.3 is 15.0 Å². The predicted molar refractivity (Wildman–Crippen MR) is 33.6 cm³/mol. The number of carboxylic acid groups (broad SMARTS) is 1. The summed E-state index contributed by atoms with van der Waals surface area (Å²) in [6.07, 6.45) is 0.268. The van der Waals surface area contributed by atoms with Gasteiger partial charge in [0.25, 0.3) is 0 Å². The molecule has 0 heterocycles. The Bertz CT molecular complexity index is 121. The third-order valence-electron chi connectivity index (χ3n) is 1.08. The van der Waals surface area contributed by atoms with E-state index in [1.807, 2.05) is 0 Å². The molecule has 0 fully saturated rings. The van der Waals surface area contributed by atoms with Gasteiger partial charge in [0, 0.05) is 6.42 Å². The van der Waals surface area contributed by atoms with Crippen LogP contribution in [0.2, 0.25) is 0 Å². The molecule has 0 aromatic heterocycles. The number of carbonyl (C=O) groups excluding carboxylic acids is 1. The lowest BCUT2D eigenvalue weighted by Gasteiger charge is -2.01. The van der Waals surface area contributed by atoms with Crippen molar-refractivity contribution < 1.29 is 19.8 Å². The third-order valence-corrected chi connectivity index (χ3v) is 1.08. The topological polar surface area (TPSA) is 74.6 Å². The molecule has 0 saturated heterocycles.